The molecule has 162 valence electrons. The molecule has 1 atom stereocenters. The average molecular weight is 437 g/mol. The third-order valence-electron chi connectivity index (χ3n) is 5.60. The molecule has 31 heavy (non-hydrogen) atoms. The van der Waals surface area contributed by atoms with Gasteiger partial charge in [0.05, 0.1) is 0 Å². The maximum absolute atomic E-state index is 13.7. The minimum atomic E-state index is -0.860. The molecule has 1 unspecified atom stereocenters. The van der Waals surface area contributed by atoms with Crippen LogP contribution in [0.15, 0.2) is 53.9 Å². The molecule has 1 heterocycles. The van der Waals surface area contributed by atoms with Crippen molar-refractivity contribution in [3.63, 3.8) is 0 Å². The van der Waals surface area contributed by atoms with E-state index in [1.165, 1.54) is 0 Å². The van der Waals surface area contributed by atoms with Crippen molar-refractivity contribution < 1.29 is 9.59 Å². The second-order valence-corrected chi connectivity index (χ2v) is 8.83. The van der Waals surface area contributed by atoms with Crippen LogP contribution in [0.25, 0.3) is 0 Å². The molecule has 0 spiro atoms. The summed E-state index contributed by atoms with van der Waals surface area (Å²) in [5.74, 6) is -0.601. The van der Waals surface area contributed by atoms with Crippen LogP contribution in [0.1, 0.15) is 60.4 Å². The quantitative estimate of drug-likeness (QED) is 0.575. The Bertz CT molecular complexity index is 1050. The number of nitrogens with zero attached hydrogens (tertiary/aromatic N) is 3. The Morgan fingerprint density at radius 2 is 1.81 bits per heavy atom. The number of aromatic nitrogens is 2. The molecule has 1 aromatic heterocycles. The summed E-state index contributed by atoms with van der Waals surface area (Å²) in [6, 6.07) is 14.3. The molecule has 0 saturated heterocycles. The lowest BCUT2D eigenvalue weighted by Crippen LogP contribution is -2.50. The van der Waals surface area contributed by atoms with Gasteiger partial charge in [-0.05, 0) is 68.4 Å². The van der Waals surface area contributed by atoms with Gasteiger partial charge < -0.3 is 5.32 Å². The van der Waals surface area contributed by atoms with E-state index in [0.29, 0.717) is 5.69 Å². The number of nitrogens with one attached hydrogen (secondary N) is 1. The van der Waals surface area contributed by atoms with Crippen LogP contribution < -0.4 is 10.2 Å². The van der Waals surface area contributed by atoms with Gasteiger partial charge in [0.2, 0.25) is 5.91 Å². The molecule has 1 N–H and O–H groups in total. The Morgan fingerprint density at radius 1 is 1.10 bits per heavy atom. The van der Waals surface area contributed by atoms with Gasteiger partial charge in [0.1, 0.15) is 6.04 Å². The van der Waals surface area contributed by atoms with Crippen molar-refractivity contribution in [2.75, 3.05) is 4.90 Å². The highest BCUT2D eigenvalue weighted by atomic mass is 32.1. The van der Waals surface area contributed by atoms with Crippen molar-refractivity contribution >= 4 is 29.0 Å². The van der Waals surface area contributed by atoms with Gasteiger partial charge in [-0.1, -0.05) is 53.9 Å². The van der Waals surface area contributed by atoms with Gasteiger partial charge in [0.25, 0.3) is 5.91 Å². The fraction of sp³-hybridized carbons (Fsp3) is 0.333. The molecule has 2 aromatic carbocycles. The summed E-state index contributed by atoms with van der Waals surface area (Å²) >= 11 is 1.11. The zero-order valence-electron chi connectivity index (χ0n) is 18.5. The molecule has 0 saturated carbocycles. The largest absolute Gasteiger partial charge is 0.349 e. The number of carbonyl (C=O) groups excluding carboxylic acids is 2. The lowest BCUT2D eigenvalue weighted by Gasteiger charge is -2.35. The zero-order chi connectivity index (χ0) is 22.6. The number of hydrogen-bond acceptors (Lipinski definition) is 5. The lowest BCUT2D eigenvalue weighted by molar-refractivity contribution is -0.124. The Labute approximate surface area is 187 Å². The van der Waals surface area contributed by atoms with Crippen molar-refractivity contribution in [3.05, 3.63) is 76.3 Å². The van der Waals surface area contributed by atoms with Gasteiger partial charge in [-0.25, -0.2) is 0 Å². The highest BCUT2D eigenvalue weighted by Gasteiger charge is 2.36. The predicted molar refractivity (Wildman–Crippen MR) is 124 cm³/mol. The van der Waals surface area contributed by atoms with Gasteiger partial charge in [-0.3, -0.25) is 14.5 Å². The molecule has 0 aliphatic carbocycles. The molecule has 0 radical (unpaired) electrons. The van der Waals surface area contributed by atoms with Crippen LogP contribution in [0.3, 0.4) is 0 Å². The molecule has 2 amide bonds. The molecular formula is C24H28N4O2S. The van der Waals surface area contributed by atoms with E-state index in [1.54, 1.807) is 10.3 Å². The van der Waals surface area contributed by atoms with Gasteiger partial charge in [0, 0.05) is 16.6 Å². The van der Waals surface area contributed by atoms with E-state index < -0.39 is 11.6 Å². The smallest absolute Gasteiger partial charge is 0.280 e. The van der Waals surface area contributed by atoms with Crippen LogP contribution in [0.5, 0.6) is 0 Å². The number of anilines is 1. The number of aryl methyl sites for hydroxylation is 1. The van der Waals surface area contributed by atoms with Gasteiger partial charge >= 0.3 is 0 Å². The number of rotatable bonds is 7. The standard InChI is InChI=1S/C24H28N4O2S/c1-6-24(4,5)25-22(29)21(18-12-8-7-9-13-18)28(23(30)19-15-31-27-26-19)20-14-10-11-16(2)17(20)3/h7-15,21H,6H2,1-5H3,(H,25,29). The summed E-state index contributed by atoms with van der Waals surface area (Å²) in [5, 5.41) is 8.72. The first-order valence-electron chi connectivity index (χ1n) is 10.3. The second-order valence-electron chi connectivity index (χ2n) is 8.22. The van der Waals surface area contributed by atoms with Crippen molar-refractivity contribution in [1.82, 2.24) is 14.9 Å². The van der Waals surface area contributed by atoms with Crippen molar-refractivity contribution in [1.29, 1.82) is 0 Å². The first kappa shape index (κ1) is 22.6. The van der Waals surface area contributed by atoms with E-state index in [2.05, 4.69) is 14.9 Å². The Kier molecular flexibility index (Phi) is 6.85. The molecule has 3 aromatic rings. The van der Waals surface area contributed by atoms with Crippen LogP contribution in [-0.4, -0.2) is 26.9 Å². The third-order valence-corrected chi connectivity index (χ3v) is 6.11. The maximum Gasteiger partial charge on any atom is 0.280 e. The monoisotopic (exact) mass is 436 g/mol. The van der Waals surface area contributed by atoms with E-state index in [4.69, 9.17) is 0 Å². The summed E-state index contributed by atoms with van der Waals surface area (Å²) in [5.41, 5.74) is 3.17. The molecular weight excluding hydrogens is 408 g/mol. The minimum Gasteiger partial charge on any atom is -0.349 e. The normalized spacial score (nSPS) is 12.3. The molecule has 7 heteroatoms. The lowest BCUT2D eigenvalue weighted by atomic mass is 9.97. The predicted octanol–water partition coefficient (Wildman–Crippen LogP) is 4.85. The van der Waals surface area contributed by atoms with Crippen LogP contribution >= 0.6 is 11.5 Å². The third kappa shape index (κ3) is 4.99. The Hall–Kier alpha value is -3.06. The minimum absolute atomic E-state index is 0.217. The number of carbonyl (C=O) groups is 2. The molecule has 6 nitrogen and oxygen atoms in total. The molecule has 0 fully saturated rings. The SMILES string of the molecule is CCC(C)(C)NC(=O)C(c1ccccc1)N(C(=O)c1csnn1)c1cccc(C)c1C. The zero-order valence-corrected chi connectivity index (χ0v) is 19.4. The fourth-order valence-corrected chi connectivity index (χ4v) is 3.72. The Balaban J connectivity index is 2.21. The fourth-order valence-electron chi connectivity index (χ4n) is 3.29. The van der Waals surface area contributed by atoms with Crippen LogP contribution in [0, 0.1) is 13.8 Å². The van der Waals surface area contributed by atoms with E-state index in [-0.39, 0.29) is 17.5 Å². The Morgan fingerprint density at radius 3 is 2.42 bits per heavy atom. The summed E-state index contributed by atoms with van der Waals surface area (Å²) in [4.78, 5) is 28.9. The highest BCUT2D eigenvalue weighted by molar-refractivity contribution is 7.03. The topological polar surface area (TPSA) is 75.2 Å². The van der Waals surface area contributed by atoms with Crippen LogP contribution in [-0.2, 0) is 4.79 Å². The number of amides is 2. The summed E-state index contributed by atoms with van der Waals surface area (Å²) in [6.07, 6.45) is 0.758. The van der Waals surface area contributed by atoms with E-state index in [9.17, 15) is 9.59 Å². The van der Waals surface area contributed by atoms with Crippen LogP contribution in [0.4, 0.5) is 5.69 Å². The van der Waals surface area contributed by atoms with E-state index in [0.717, 1.165) is 34.6 Å². The number of hydrogen-bond donors (Lipinski definition) is 1. The average Bonchev–Trinajstić information content (AvgIpc) is 3.29. The number of benzene rings is 2. The van der Waals surface area contributed by atoms with Crippen LogP contribution in [0.2, 0.25) is 0 Å². The van der Waals surface area contributed by atoms with Crippen molar-refractivity contribution in [3.8, 4) is 0 Å². The molecule has 0 bridgehead atoms. The second kappa shape index (κ2) is 9.39. The summed E-state index contributed by atoms with van der Waals surface area (Å²) in [7, 11) is 0. The summed E-state index contributed by atoms with van der Waals surface area (Å²) < 4.78 is 3.85. The molecule has 0 aliphatic heterocycles. The van der Waals surface area contributed by atoms with Crippen molar-refractivity contribution in [2.45, 2.75) is 52.6 Å². The summed E-state index contributed by atoms with van der Waals surface area (Å²) in [6.45, 7) is 9.92. The van der Waals surface area contributed by atoms with E-state index in [1.807, 2.05) is 83.1 Å². The first-order valence-corrected chi connectivity index (χ1v) is 11.1. The highest BCUT2D eigenvalue weighted by Crippen LogP contribution is 2.33. The maximum atomic E-state index is 13.7. The van der Waals surface area contributed by atoms with E-state index >= 15 is 0 Å². The van der Waals surface area contributed by atoms with Gasteiger partial charge in [0.15, 0.2) is 5.69 Å². The molecule has 0 aliphatic rings. The molecule has 3 rings (SSSR count). The van der Waals surface area contributed by atoms with Gasteiger partial charge in [-0.15, -0.1) is 5.10 Å². The van der Waals surface area contributed by atoms with Crippen molar-refractivity contribution in [2.24, 2.45) is 0 Å². The van der Waals surface area contributed by atoms with Gasteiger partial charge in [-0.2, -0.15) is 0 Å². The first-order chi connectivity index (χ1) is 14.7.